The number of nitrogens with zero attached hydrogens (tertiary/aromatic N) is 1. The number of hydrogen-bond donors (Lipinski definition) is 1. The van der Waals surface area contributed by atoms with Crippen molar-refractivity contribution in [1.82, 2.24) is 10.2 Å². The smallest absolute Gasteiger partial charge is 0.242 e. The summed E-state index contributed by atoms with van der Waals surface area (Å²) in [6, 6.07) is 19.6. The minimum absolute atomic E-state index is 0.0214. The van der Waals surface area contributed by atoms with Crippen LogP contribution in [-0.4, -0.2) is 41.6 Å². The SMILES string of the molecule is CCNC(=O)[C@@H](C)N(CCc1ccccc1)C(=O)CCSc1ccccc1. The van der Waals surface area contributed by atoms with E-state index >= 15 is 0 Å². The van der Waals surface area contributed by atoms with Gasteiger partial charge in [0, 0.05) is 30.2 Å². The number of rotatable bonds is 10. The molecule has 27 heavy (non-hydrogen) atoms. The predicted octanol–water partition coefficient (Wildman–Crippen LogP) is 3.76. The van der Waals surface area contributed by atoms with Crippen LogP contribution in [0.1, 0.15) is 25.8 Å². The van der Waals surface area contributed by atoms with Crippen molar-refractivity contribution in [1.29, 1.82) is 0 Å². The van der Waals surface area contributed by atoms with Gasteiger partial charge in [0.15, 0.2) is 0 Å². The molecular formula is C22H28N2O2S. The van der Waals surface area contributed by atoms with E-state index in [4.69, 9.17) is 0 Å². The van der Waals surface area contributed by atoms with Gasteiger partial charge in [-0.25, -0.2) is 0 Å². The molecule has 0 spiro atoms. The van der Waals surface area contributed by atoms with Gasteiger partial charge in [0.05, 0.1) is 0 Å². The number of benzene rings is 2. The van der Waals surface area contributed by atoms with Crippen LogP contribution in [0.5, 0.6) is 0 Å². The van der Waals surface area contributed by atoms with Crippen molar-refractivity contribution < 1.29 is 9.59 Å². The third-order valence-electron chi connectivity index (χ3n) is 4.33. The molecule has 2 rings (SSSR count). The fraction of sp³-hybridized carbons (Fsp3) is 0.364. The molecule has 1 N–H and O–H groups in total. The molecule has 0 saturated carbocycles. The average molecular weight is 385 g/mol. The third-order valence-corrected chi connectivity index (χ3v) is 5.34. The Bertz CT molecular complexity index is 707. The molecule has 144 valence electrons. The summed E-state index contributed by atoms with van der Waals surface area (Å²) < 4.78 is 0. The summed E-state index contributed by atoms with van der Waals surface area (Å²) in [6.45, 7) is 4.79. The van der Waals surface area contributed by atoms with E-state index in [1.165, 1.54) is 0 Å². The van der Waals surface area contributed by atoms with Crippen LogP contribution in [0.15, 0.2) is 65.6 Å². The van der Waals surface area contributed by atoms with E-state index in [-0.39, 0.29) is 11.8 Å². The topological polar surface area (TPSA) is 49.4 Å². The van der Waals surface area contributed by atoms with E-state index in [0.717, 1.165) is 16.9 Å². The lowest BCUT2D eigenvalue weighted by Gasteiger charge is -2.28. The molecular weight excluding hydrogens is 356 g/mol. The molecule has 0 heterocycles. The molecule has 5 heteroatoms. The van der Waals surface area contributed by atoms with Gasteiger partial charge in [-0.2, -0.15) is 0 Å². The maximum absolute atomic E-state index is 12.8. The van der Waals surface area contributed by atoms with Gasteiger partial charge in [0.1, 0.15) is 6.04 Å². The van der Waals surface area contributed by atoms with Gasteiger partial charge in [-0.1, -0.05) is 48.5 Å². The first-order chi connectivity index (χ1) is 13.1. The summed E-state index contributed by atoms with van der Waals surface area (Å²) in [6.07, 6.45) is 1.15. The molecule has 0 aliphatic carbocycles. The van der Waals surface area contributed by atoms with Crippen LogP contribution in [0.2, 0.25) is 0 Å². The molecule has 2 amide bonds. The number of nitrogens with one attached hydrogen (secondary N) is 1. The van der Waals surface area contributed by atoms with Crippen LogP contribution in [0.4, 0.5) is 0 Å². The summed E-state index contributed by atoms with van der Waals surface area (Å²) >= 11 is 1.66. The summed E-state index contributed by atoms with van der Waals surface area (Å²) in [7, 11) is 0. The minimum Gasteiger partial charge on any atom is -0.355 e. The Kier molecular flexibility index (Phi) is 8.92. The van der Waals surface area contributed by atoms with Crippen LogP contribution in [0.25, 0.3) is 0 Å². The Labute approximate surface area is 166 Å². The number of hydrogen-bond acceptors (Lipinski definition) is 3. The third kappa shape index (κ3) is 7.10. The molecule has 4 nitrogen and oxygen atoms in total. The fourth-order valence-electron chi connectivity index (χ4n) is 2.81. The fourth-order valence-corrected chi connectivity index (χ4v) is 3.67. The van der Waals surface area contributed by atoms with Gasteiger partial charge in [0.25, 0.3) is 0 Å². The van der Waals surface area contributed by atoms with E-state index in [2.05, 4.69) is 5.32 Å². The average Bonchev–Trinajstić information content (AvgIpc) is 2.70. The molecule has 1 atom stereocenters. The van der Waals surface area contributed by atoms with Gasteiger partial charge in [-0.15, -0.1) is 11.8 Å². The number of carbonyl (C=O) groups is 2. The van der Waals surface area contributed by atoms with Crippen molar-refractivity contribution in [3.8, 4) is 0 Å². The second-order valence-electron chi connectivity index (χ2n) is 6.30. The largest absolute Gasteiger partial charge is 0.355 e. The van der Waals surface area contributed by atoms with Crippen LogP contribution in [0.3, 0.4) is 0 Å². The molecule has 0 radical (unpaired) electrons. The van der Waals surface area contributed by atoms with Crippen LogP contribution < -0.4 is 5.32 Å². The maximum atomic E-state index is 12.8. The second-order valence-corrected chi connectivity index (χ2v) is 7.47. The normalized spacial score (nSPS) is 11.6. The van der Waals surface area contributed by atoms with Gasteiger partial charge >= 0.3 is 0 Å². The number of likely N-dealkylation sites (N-methyl/N-ethyl adjacent to an activating group) is 1. The summed E-state index contributed by atoms with van der Waals surface area (Å²) in [4.78, 5) is 28.0. The first kappa shape index (κ1) is 21.0. The van der Waals surface area contributed by atoms with Crippen LogP contribution >= 0.6 is 11.8 Å². The Morgan fingerprint density at radius 3 is 2.30 bits per heavy atom. The molecule has 0 aromatic heterocycles. The zero-order chi connectivity index (χ0) is 19.5. The van der Waals surface area contributed by atoms with Crippen molar-refractivity contribution in [2.45, 2.75) is 37.6 Å². The molecule has 0 aliphatic heterocycles. The quantitative estimate of drug-likeness (QED) is 0.635. The first-order valence-corrected chi connectivity index (χ1v) is 10.4. The summed E-state index contributed by atoms with van der Waals surface area (Å²) in [5, 5.41) is 2.82. The number of amides is 2. The molecule has 0 saturated heterocycles. The van der Waals surface area contributed by atoms with Crippen molar-refractivity contribution in [3.63, 3.8) is 0 Å². The highest BCUT2D eigenvalue weighted by Crippen LogP contribution is 2.18. The highest BCUT2D eigenvalue weighted by Gasteiger charge is 2.25. The van der Waals surface area contributed by atoms with Crippen molar-refractivity contribution in [2.75, 3.05) is 18.8 Å². The molecule has 0 unspecified atom stereocenters. The van der Waals surface area contributed by atoms with Gasteiger partial charge in [-0.3, -0.25) is 9.59 Å². The molecule has 2 aromatic carbocycles. The van der Waals surface area contributed by atoms with Crippen molar-refractivity contribution in [2.24, 2.45) is 0 Å². The van der Waals surface area contributed by atoms with E-state index in [1.807, 2.05) is 67.6 Å². The van der Waals surface area contributed by atoms with Gasteiger partial charge in [0.2, 0.25) is 11.8 Å². The van der Waals surface area contributed by atoms with E-state index in [0.29, 0.717) is 25.3 Å². The Morgan fingerprint density at radius 1 is 1.04 bits per heavy atom. The lowest BCUT2D eigenvalue weighted by molar-refractivity contribution is -0.139. The zero-order valence-electron chi connectivity index (χ0n) is 16.1. The number of carbonyl (C=O) groups excluding carboxylic acids is 2. The molecule has 0 bridgehead atoms. The minimum atomic E-state index is -0.470. The molecule has 0 aliphatic rings. The van der Waals surface area contributed by atoms with Gasteiger partial charge in [-0.05, 0) is 38.0 Å². The number of thioether (sulfide) groups is 1. The molecule has 0 fully saturated rings. The van der Waals surface area contributed by atoms with E-state index in [1.54, 1.807) is 23.6 Å². The Balaban J connectivity index is 1.96. The lowest BCUT2D eigenvalue weighted by Crippen LogP contribution is -2.48. The maximum Gasteiger partial charge on any atom is 0.242 e. The first-order valence-electron chi connectivity index (χ1n) is 9.40. The highest BCUT2D eigenvalue weighted by atomic mass is 32.2. The van der Waals surface area contributed by atoms with Crippen molar-refractivity contribution in [3.05, 3.63) is 66.2 Å². The standard InChI is InChI=1S/C22H28N2O2S/c1-3-23-22(26)18(2)24(16-14-19-10-6-4-7-11-19)21(25)15-17-27-20-12-8-5-9-13-20/h4-13,18H,3,14-17H2,1-2H3,(H,23,26)/t18-/m1/s1. The van der Waals surface area contributed by atoms with E-state index < -0.39 is 6.04 Å². The van der Waals surface area contributed by atoms with Gasteiger partial charge < -0.3 is 10.2 Å². The molecule has 2 aromatic rings. The monoisotopic (exact) mass is 384 g/mol. The Hall–Kier alpha value is -2.27. The van der Waals surface area contributed by atoms with Crippen LogP contribution in [0, 0.1) is 0 Å². The predicted molar refractivity (Wildman–Crippen MR) is 112 cm³/mol. The van der Waals surface area contributed by atoms with Crippen molar-refractivity contribution >= 4 is 23.6 Å². The van der Waals surface area contributed by atoms with Crippen LogP contribution in [-0.2, 0) is 16.0 Å². The van der Waals surface area contributed by atoms with E-state index in [9.17, 15) is 9.59 Å². The summed E-state index contributed by atoms with van der Waals surface area (Å²) in [5.74, 6) is 0.620. The zero-order valence-corrected chi connectivity index (χ0v) is 16.9. The second kappa shape index (κ2) is 11.4. The lowest BCUT2D eigenvalue weighted by atomic mass is 10.1. The highest BCUT2D eigenvalue weighted by molar-refractivity contribution is 7.99. The Morgan fingerprint density at radius 2 is 1.67 bits per heavy atom. The summed E-state index contributed by atoms with van der Waals surface area (Å²) in [5.41, 5.74) is 1.16.